The van der Waals surface area contributed by atoms with Gasteiger partial charge in [0.05, 0.1) is 10.5 Å². The minimum atomic E-state index is -3.97. The van der Waals surface area contributed by atoms with E-state index >= 15 is 0 Å². The van der Waals surface area contributed by atoms with Gasteiger partial charge in [-0.15, -0.1) is 0 Å². The predicted octanol–water partition coefficient (Wildman–Crippen LogP) is 0.738. The van der Waals surface area contributed by atoms with Crippen molar-refractivity contribution in [2.75, 3.05) is 5.73 Å². The van der Waals surface area contributed by atoms with Crippen molar-refractivity contribution in [3.8, 4) is 0 Å². The van der Waals surface area contributed by atoms with Crippen molar-refractivity contribution in [1.29, 1.82) is 0 Å². The molecule has 17 heavy (non-hydrogen) atoms. The highest BCUT2D eigenvalue weighted by Crippen LogP contribution is 2.28. The summed E-state index contributed by atoms with van der Waals surface area (Å²) < 4.78 is 22.8. The van der Waals surface area contributed by atoms with Crippen molar-refractivity contribution in [2.24, 2.45) is 5.14 Å². The van der Waals surface area contributed by atoms with E-state index in [4.69, 9.17) is 16.0 Å². The minimum Gasteiger partial charge on any atom is -0.478 e. The van der Waals surface area contributed by atoms with Gasteiger partial charge in [-0.1, -0.05) is 13.8 Å². The number of primary sulfonamides is 1. The number of carboxylic acids is 1. The highest BCUT2D eigenvalue weighted by Gasteiger charge is 2.21. The van der Waals surface area contributed by atoms with E-state index in [0.717, 1.165) is 6.07 Å². The molecule has 0 fully saturated rings. The molecule has 1 rings (SSSR count). The highest BCUT2D eigenvalue weighted by molar-refractivity contribution is 7.89. The minimum absolute atomic E-state index is 0.0219. The topological polar surface area (TPSA) is 123 Å². The summed E-state index contributed by atoms with van der Waals surface area (Å²) in [5.41, 5.74) is 5.72. The number of benzene rings is 1. The largest absolute Gasteiger partial charge is 0.478 e. The van der Waals surface area contributed by atoms with Gasteiger partial charge in [-0.2, -0.15) is 0 Å². The number of carbonyl (C=O) groups is 1. The summed E-state index contributed by atoms with van der Waals surface area (Å²) in [5, 5.41) is 13.9. The van der Waals surface area contributed by atoms with Crippen molar-refractivity contribution in [3.63, 3.8) is 0 Å². The van der Waals surface area contributed by atoms with Gasteiger partial charge in [0.25, 0.3) is 0 Å². The third-order valence-electron chi connectivity index (χ3n) is 2.34. The maximum atomic E-state index is 11.4. The normalized spacial score (nSPS) is 11.8. The Kier molecular flexibility index (Phi) is 3.44. The van der Waals surface area contributed by atoms with Crippen LogP contribution in [0.1, 0.15) is 35.7 Å². The van der Waals surface area contributed by atoms with Crippen LogP contribution in [0.25, 0.3) is 0 Å². The molecule has 94 valence electrons. The molecule has 0 saturated heterocycles. The van der Waals surface area contributed by atoms with Crippen molar-refractivity contribution in [1.82, 2.24) is 0 Å². The van der Waals surface area contributed by atoms with E-state index in [2.05, 4.69) is 0 Å². The molecule has 0 aliphatic rings. The summed E-state index contributed by atoms with van der Waals surface area (Å²) in [6.45, 7) is 3.54. The molecule has 0 amide bonds. The Labute approximate surface area is 99.3 Å². The number of hydrogen-bond donors (Lipinski definition) is 3. The van der Waals surface area contributed by atoms with Crippen molar-refractivity contribution in [2.45, 2.75) is 24.7 Å². The first kappa shape index (κ1) is 13.5. The lowest BCUT2D eigenvalue weighted by Crippen LogP contribution is -2.17. The molecule has 7 heteroatoms. The molecular weight excluding hydrogens is 244 g/mol. The molecule has 0 radical (unpaired) electrons. The second-order valence-corrected chi connectivity index (χ2v) is 5.51. The summed E-state index contributed by atoms with van der Waals surface area (Å²) in [6, 6.07) is 2.34. The number of aromatic carboxylic acids is 1. The van der Waals surface area contributed by atoms with E-state index in [1.54, 1.807) is 13.8 Å². The Morgan fingerprint density at radius 3 is 2.24 bits per heavy atom. The van der Waals surface area contributed by atoms with Crippen LogP contribution in [0.2, 0.25) is 0 Å². The Morgan fingerprint density at radius 1 is 1.35 bits per heavy atom. The highest BCUT2D eigenvalue weighted by atomic mass is 32.2. The number of anilines is 1. The van der Waals surface area contributed by atoms with E-state index in [1.807, 2.05) is 0 Å². The fourth-order valence-corrected chi connectivity index (χ4v) is 2.40. The zero-order valence-electron chi connectivity index (χ0n) is 9.47. The van der Waals surface area contributed by atoms with Crippen LogP contribution in [0, 0.1) is 0 Å². The molecule has 5 N–H and O–H groups in total. The van der Waals surface area contributed by atoms with Crippen LogP contribution in [0.4, 0.5) is 5.69 Å². The number of sulfonamides is 1. The van der Waals surface area contributed by atoms with Gasteiger partial charge < -0.3 is 10.8 Å². The number of rotatable bonds is 3. The molecule has 0 bridgehead atoms. The van der Waals surface area contributed by atoms with E-state index in [1.165, 1.54) is 6.07 Å². The third-order valence-corrected chi connectivity index (χ3v) is 3.31. The lowest BCUT2D eigenvalue weighted by atomic mass is 10.00. The van der Waals surface area contributed by atoms with Gasteiger partial charge in [-0.25, -0.2) is 18.4 Å². The molecular formula is C10H14N2O4S. The van der Waals surface area contributed by atoms with Gasteiger partial charge >= 0.3 is 5.97 Å². The summed E-state index contributed by atoms with van der Waals surface area (Å²) in [7, 11) is -3.97. The first-order valence-corrected chi connectivity index (χ1v) is 6.38. The molecule has 0 spiro atoms. The Bertz CT molecular complexity index is 564. The molecule has 6 nitrogen and oxygen atoms in total. The maximum Gasteiger partial charge on any atom is 0.337 e. The van der Waals surface area contributed by atoms with Gasteiger partial charge in [0.15, 0.2) is 0 Å². The fraction of sp³-hybridized carbons (Fsp3) is 0.300. The van der Waals surface area contributed by atoms with Gasteiger partial charge in [-0.05, 0) is 23.6 Å². The van der Waals surface area contributed by atoms with Gasteiger partial charge in [0, 0.05) is 5.69 Å². The number of nitrogens with two attached hydrogens (primary N) is 2. The Morgan fingerprint density at radius 2 is 1.88 bits per heavy atom. The lowest BCUT2D eigenvalue weighted by Gasteiger charge is -2.13. The second kappa shape index (κ2) is 4.34. The van der Waals surface area contributed by atoms with E-state index in [-0.39, 0.29) is 22.1 Å². The molecule has 0 aromatic heterocycles. The fourth-order valence-electron chi connectivity index (χ4n) is 1.50. The third kappa shape index (κ3) is 2.75. The molecule has 0 atom stereocenters. The number of carboxylic acid groups (broad SMARTS) is 1. The van der Waals surface area contributed by atoms with E-state index in [9.17, 15) is 13.2 Å². The Hall–Kier alpha value is -1.60. The van der Waals surface area contributed by atoms with Crippen LogP contribution >= 0.6 is 0 Å². The summed E-state index contributed by atoms with van der Waals surface area (Å²) >= 11 is 0. The molecule has 1 aromatic rings. The Balaban J connectivity index is 3.66. The SMILES string of the molecule is CC(C)c1cc(N)c(C(=O)O)cc1S(N)(=O)=O. The lowest BCUT2D eigenvalue weighted by molar-refractivity contribution is 0.0697. The van der Waals surface area contributed by atoms with Gasteiger partial charge in [-0.3, -0.25) is 0 Å². The van der Waals surface area contributed by atoms with Gasteiger partial charge in [0.1, 0.15) is 0 Å². The predicted molar refractivity (Wildman–Crippen MR) is 63.3 cm³/mol. The zero-order chi connectivity index (χ0) is 13.4. The van der Waals surface area contributed by atoms with Crippen molar-refractivity contribution < 1.29 is 18.3 Å². The van der Waals surface area contributed by atoms with Crippen LogP contribution in [-0.4, -0.2) is 19.5 Å². The van der Waals surface area contributed by atoms with Crippen LogP contribution in [0.5, 0.6) is 0 Å². The van der Waals surface area contributed by atoms with Gasteiger partial charge in [0.2, 0.25) is 10.0 Å². The summed E-state index contributed by atoms with van der Waals surface area (Å²) in [5.74, 6) is -1.42. The van der Waals surface area contributed by atoms with Crippen LogP contribution in [0.3, 0.4) is 0 Å². The average Bonchev–Trinajstić information content (AvgIpc) is 2.14. The second-order valence-electron chi connectivity index (χ2n) is 3.98. The average molecular weight is 258 g/mol. The molecule has 0 heterocycles. The molecule has 0 unspecified atom stereocenters. The van der Waals surface area contributed by atoms with Crippen molar-refractivity contribution >= 4 is 21.7 Å². The van der Waals surface area contributed by atoms with E-state index in [0.29, 0.717) is 5.56 Å². The van der Waals surface area contributed by atoms with Crippen molar-refractivity contribution in [3.05, 3.63) is 23.3 Å². The van der Waals surface area contributed by atoms with Crippen LogP contribution in [0.15, 0.2) is 17.0 Å². The monoisotopic (exact) mass is 258 g/mol. The molecule has 0 aliphatic carbocycles. The molecule has 0 saturated carbocycles. The van der Waals surface area contributed by atoms with E-state index < -0.39 is 16.0 Å². The number of nitrogen functional groups attached to an aromatic ring is 1. The first-order chi connectivity index (χ1) is 7.64. The quantitative estimate of drug-likeness (QED) is 0.690. The molecule has 0 aliphatic heterocycles. The van der Waals surface area contributed by atoms with Crippen LogP contribution < -0.4 is 10.9 Å². The smallest absolute Gasteiger partial charge is 0.337 e. The zero-order valence-corrected chi connectivity index (χ0v) is 10.3. The molecule has 1 aromatic carbocycles. The number of hydrogen-bond acceptors (Lipinski definition) is 4. The first-order valence-electron chi connectivity index (χ1n) is 4.84. The maximum absolute atomic E-state index is 11.4. The standard InChI is InChI=1S/C10H14N2O4S/c1-5(2)6-3-8(11)7(10(13)14)4-9(6)17(12,15)16/h3-5H,11H2,1-2H3,(H,13,14)(H2,12,15,16). The summed E-state index contributed by atoms with van der Waals surface area (Å²) in [4.78, 5) is 10.7. The van der Waals surface area contributed by atoms with Crippen LogP contribution in [-0.2, 0) is 10.0 Å². The summed E-state index contributed by atoms with van der Waals surface area (Å²) in [6.07, 6.45) is 0.